The molecule has 8 heteroatoms. The van der Waals surface area contributed by atoms with Crippen molar-refractivity contribution >= 4 is 23.5 Å². The van der Waals surface area contributed by atoms with Gasteiger partial charge in [-0.15, -0.1) is 11.8 Å². The number of carbonyl (C=O) groups excluding carboxylic acids is 2. The summed E-state index contributed by atoms with van der Waals surface area (Å²) in [4.78, 5) is 28.3. The van der Waals surface area contributed by atoms with Gasteiger partial charge in [0.15, 0.2) is 5.79 Å². The van der Waals surface area contributed by atoms with Gasteiger partial charge in [0.1, 0.15) is 17.5 Å². The molecule has 1 aromatic rings. The van der Waals surface area contributed by atoms with Crippen LogP contribution in [0.3, 0.4) is 0 Å². The first-order chi connectivity index (χ1) is 20.4. The third-order valence-electron chi connectivity index (χ3n) is 13.9. The first kappa shape index (κ1) is 28.7. The Labute approximate surface area is 258 Å². The quantitative estimate of drug-likeness (QED) is 0.355. The molecule has 7 nitrogen and oxygen atoms in total. The molecule has 3 heterocycles. The van der Waals surface area contributed by atoms with E-state index in [1.54, 1.807) is 18.9 Å². The number of hydrogen-bond acceptors (Lipinski definition) is 8. The fourth-order valence-electron chi connectivity index (χ4n) is 11.3. The molecule has 1 aromatic carbocycles. The van der Waals surface area contributed by atoms with Crippen LogP contribution in [0.2, 0.25) is 0 Å². The lowest BCUT2D eigenvalue weighted by molar-refractivity contribution is -0.404. The lowest BCUT2D eigenvalue weighted by Crippen LogP contribution is -2.76. The van der Waals surface area contributed by atoms with Crippen molar-refractivity contribution in [3.8, 4) is 0 Å². The van der Waals surface area contributed by atoms with Crippen molar-refractivity contribution in [1.82, 2.24) is 0 Å². The van der Waals surface area contributed by atoms with Gasteiger partial charge < -0.3 is 24.1 Å². The zero-order valence-corrected chi connectivity index (χ0v) is 26.7. The minimum atomic E-state index is -1.12. The number of cyclic esters (lactones) is 1. The Balaban J connectivity index is 1.13. The van der Waals surface area contributed by atoms with Gasteiger partial charge in [-0.1, -0.05) is 30.7 Å². The summed E-state index contributed by atoms with van der Waals surface area (Å²) in [5, 5.41) is 13.0. The first-order valence-electron chi connectivity index (χ1n) is 16.2. The van der Waals surface area contributed by atoms with Gasteiger partial charge in [0, 0.05) is 48.0 Å². The average molecular weight is 609 g/mol. The van der Waals surface area contributed by atoms with Crippen molar-refractivity contribution < 1.29 is 33.6 Å². The number of epoxide rings is 1. The Kier molecular flexibility index (Phi) is 6.14. The van der Waals surface area contributed by atoms with Crippen LogP contribution in [0, 0.1) is 34.5 Å². The minimum absolute atomic E-state index is 0.0404. The maximum atomic E-state index is 14.4. The van der Waals surface area contributed by atoms with Gasteiger partial charge in [-0.2, -0.15) is 0 Å². The summed E-state index contributed by atoms with van der Waals surface area (Å²) in [5.74, 6) is -1.04. The van der Waals surface area contributed by atoms with Crippen LogP contribution in [0.5, 0.6) is 0 Å². The molecule has 43 heavy (non-hydrogen) atoms. The van der Waals surface area contributed by atoms with Crippen molar-refractivity contribution in [3.63, 3.8) is 0 Å². The zero-order chi connectivity index (χ0) is 30.2. The monoisotopic (exact) mass is 608 g/mol. The van der Waals surface area contributed by atoms with E-state index in [0.717, 1.165) is 24.8 Å². The molecule has 0 radical (unpaired) electrons. The Hall–Kier alpha value is -1.71. The number of fused-ring (bicyclic) bond motifs is 3. The summed E-state index contributed by atoms with van der Waals surface area (Å²) >= 11 is 1.80. The predicted molar refractivity (Wildman–Crippen MR) is 160 cm³/mol. The van der Waals surface area contributed by atoms with Crippen LogP contribution in [0.1, 0.15) is 72.6 Å². The summed E-state index contributed by atoms with van der Waals surface area (Å²) < 4.78 is 25.9. The van der Waals surface area contributed by atoms with Gasteiger partial charge in [0.25, 0.3) is 0 Å². The number of carbonyl (C=O) groups is 2. The van der Waals surface area contributed by atoms with E-state index < -0.39 is 33.9 Å². The molecule has 7 aliphatic rings. The Bertz CT molecular complexity index is 1410. The molecular formula is C35H44O7S. The summed E-state index contributed by atoms with van der Waals surface area (Å²) in [7, 11) is 1.70. The van der Waals surface area contributed by atoms with E-state index in [9.17, 15) is 14.7 Å². The van der Waals surface area contributed by atoms with Crippen LogP contribution >= 0.6 is 11.8 Å². The maximum Gasteiger partial charge on any atom is 0.333 e. The molecule has 232 valence electrons. The summed E-state index contributed by atoms with van der Waals surface area (Å²) in [6.07, 6.45) is 4.51. The van der Waals surface area contributed by atoms with E-state index in [-0.39, 0.29) is 47.6 Å². The summed E-state index contributed by atoms with van der Waals surface area (Å²) in [5.41, 5.74) is -1.24. The highest BCUT2D eigenvalue weighted by atomic mass is 32.2. The van der Waals surface area contributed by atoms with Crippen LogP contribution in [-0.2, 0) is 28.5 Å². The van der Waals surface area contributed by atoms with Gasteiger partial charge in [-0.05, 0) is 76.3 Å². The zero-order valence-electron chi connectivity index (χ0n) is 25.9. The molecular weight excluding hydrogens is 564 g/mol. The van der Waals surface area contributed by atoms with E-state index in [4.69, 9.17) is 18.9 Å². The molecule has 2 saturated heterocycles. The SMILES string of the molecule is CO[C@@]12CC3C(C[C@H]4O[C@]45C[C@@H](Sc4ccccc4)CC(=O)[C@]35C)C3CC[C@@](O)(C(C4CC(C)=C(C)C(=O)O4)CO1)[C@]32C. The second-order valence-electron chi connectivity index (χ2n) is 15.0. The van der Waals surface area contributed by atoms with Crippen molar-refractivity contribution in [2.45, 2.75) is 112 Å². The fraction of sp³-hybridized carbons (Fsp3) is 0.714. The highest BCUT2D eigenvalue weighted by Crippen LogP contribution is 2.77. The van der Waals surface area contributed by atoms with Gasteiger partial charge in [-0.25, -0.2) is 4.79 Å². The van der Waals surface area contributed by atoms with Gasteiger partial charge in [0.05, 0.1) is 29.1 Å². The lowest BCUT2D eigenvalue weighted by atomic mass is 9.41. The van der Waals surface area contributed by atoms with Crippen molar-refractivity contribution in [1.29, 1.82) is 0 Å². The maximum absolute atomic E-state index is 14.4. The number of benzene rings is 1. The highest BCUT2D eigenvalue weighted by molar-refractivity contribution is 8.00. The van der Waals surface area contributed by atoms with E-state index in [2.05, 4.69) is 38.1 Å². The van der Waals surface area contributed by atoms with Gasteiger partial charge >= 0.3 is 5.97 Å². The van der Waals surface area contributed by atoms with Crippen LogP contribution in [-0.4, -0.2) is 65.0 Å². The second kappa shape index (κ2) is 9.18. The first-order valence-corrected chi connectivity index (χ1v) is 17.0. The predicted octanol–water partition coefficient (Wildman–Crippen LogP) is 5.48. The fourth-order valence-corrected chi connectivity index (χ4v) is 12.6. The van der Waals surface area contributed by atoms with Crippen LogP contribution in [0.4, 0.5) is 0 Å². The molecule has 3 aliphatic heterocycles. The number of ketones is 1. The summed E-state index contributed by atoms with van der Waals surface area (Å²) in [6, 6.07) is 10.4. The molecule has 8 rings (SSSR count). The van der Waals surface area contributed by atoms with Crippen LogP contribution < -0.4 is 0 Å². The molecule has 0 amide bonds. The molecule has 0 bridgehead atoms. The lowest BCUT2D eigenvalue weighted by Gasteiger charge is -2.68. The van der Waals surface area contributed by atoms with E-state index in [0.29, 0.717) is 37.0 Å². The largest absolute Gasteiger partial charge is 0.458 e. The highest BCUT2D eigenvalue weighted by Gasteiger charge is 2.84. The molecule has 1 N–H and O–H groups in total. The number of thioether (sulfide) groups is 1. The third-order valence-corrected chi connectivity index (χ3v) is 15.1. The summed E-state index contributed by atoms with van der Waals surface area (Å²) in [6.45, 7) is 8.37. The number of ether oxygens (including phenoxy) is 4. The molecule has 6 fully saturated rings. The minimum Gasteiger partial charge on any atom is -0.458 e. The van der Waals surface area contributed by atoms with Crippen molar-refractivity contribution in [2.24, 2.45) is 34.5 Å². The van der Waals surface area contributed by atoms with E-state index in [1.165, 1.54) is 4.90 Å². The van der Waals surface area contributed by atoms with Crippen LogP contribution in [0.15, 0.2) is 46.4 Å². The van der Waals surface area contributed by atoms with E-state index in [1.807, 2.05) is 19.9 Å². The normalized spacial score (nSPS) is 51.6. The van der Waals surface area contributed by atoms with Crippen LogP contribution in [0.25, 0.3) is 0 Å². The third kappa shape index (κ3) is 3.43. The number of Topliss-reactive ketones (excluding diaryl/α,β-unsaturated/α-hetero) is 1. The molecule has 5 unspecified atom stereocenters. The van der Waals surface area contributed by atoms with Crippen molar-refractivity contribution in [2.75, 3.05) is 13.7 Å². The molecule has 4 saturated carbocycles. The van der Waals surface area contributed by atoms with E-state index >= 15 is 0 Å². The van der Waals surface area contributed by atoms with Crippen molar-refractivity contribution in [3.05, 3.63) is 41.5 Å². The Morgan fingerprint density at radius 1 is 1.02 bits per heavy atom. The number of hydrogen-bond donors (Lipinski definition) is 1. The second-order valence-corrected chi connectivity index (χ2v) is 16.4. The smallest absolute Gasteiger partial charge is 0.333 e. The molecule has 1 spiro atoms. The number of aliphatic hydroxyl groups is 1. The number of esters is 1. The molecule has 12 atom stereocenters. The number of methoxy groups -OCH3 is 1. The van der Waals surface area contributed by atoms with Gasteiger partial charge in [0.2, 0.25) is 0 Å². The topological polar surface area (TPSA) is 94.6 Å². The van der Waals surface area contributed by atoms with Gasteiger partial charge in [-0.3, -0.25) is 4.79 Å². The number of rotatable bonds is 4. The Morgan fingerprint density at radius 3 is 2.51 bits per heavy atom. The molecule has 0 aromatic heterocycles. The molecule has 4 aliphatic carbocycles. The Morgan fingerprint density at radius 2 is 1.79 bits per heavy atom. The standard InChI is InChI=1S/C35H44O7S/c1-19-13-27(41-30(37)20(19)2)26-18-40-35(39-5)17-25-23(24-11-12-33(26,38)32(24,35)4)15-29-34(42-29)16-22(14-28(36)31(25,34)3)43-21-9-7-6-8-10-21/h6-10,22-27,29,38H,11-18H2,1-5H3/t22-,23?,24?,25?,26?,27?,29+,31-,32-,33+,34+,35-/m0/s1. The average Bonchev–Trinajstić information content (AvgIpc) is 3.60.